The number of rotatable bonds is 2. The average molecular weight is 360 g/mol. The molecule has 1 N–H and O–H groups in total. The van der Waals surface area contributed by atoms with E-state index in [-0.39, 0.29) is 24.0 Å². The van der Waals surface area contributed by atoms with Crippen LogP contribution in [0.1, 0.15) is 30.3 Å². The second-order valence-corrected chi connectivity index (χ2v) is 6.65. The first-order chi connectivity index (χ1) is 12.7. The van der Waals surface area contributed by atoms with Gasteiger partial charge in [-0.2, -0.15) is 0 Å². The molecular formula is C17H21FN6O2. The van der Waals surface area contributed by atoms with Gasteiger partial charge in [-0.15, -0.1) is 5.10 Å². The molecule has 1 fully saturated rings. The number of nitrogens with zero attached hydrogens (tertiary/aromatic N) is 5. The topological polar surface area (TPSA) is 85.2 Å². The van der Waals surface area contributed by atoms with Gasteiger partial charge in [-0.3, -0.25) is 0 Å². The average Bonchev–Trinajstić information content (AvgIpc) is 3.03. The number of amides is 2. The number of aromatic nitrogens is 4. The molecule has 26 heavy (non-hydrogen) atoms. The second-order valence-electron chi connectivity index (χ2n) is 6.65. The van der Waals surface area contributed by atoms with E-state index in [1.807, 2.05) is 6.07 Å². The zero-order chi connectivity index (χ0) is 17.9. The Labute approximate surface area is 150 Å². The summed E-state index contributed by atoms with van der Waals surface area (Å²) in [4.78, 5) is 14.4. The van der Waals surface area contributed by atoms with E-state index in [0.29, 0.717) is 26.2 Å². The fraction of sp³-hybridized carbons (Fsp3) is 0.529. The van der Waals surface area contributed by atoms with E-state index in [9.17, 15) is 9.18 Å². The number of morpholine rings is 1. The summed E-state index contributed by atoms with van der Waals surface area (Å²) in [7, 11) is 0. The van der Waals surface area contributed by atoms with Gasteiger partial charge in [0.2, 0.25) is 0 Å². The molecule has 2 atom stereocenters. The van der Waals surface area contributed by atoms with Gasteiger partial charge in [0.15, 0.2) is 5.82 Å². The molecule has 2 aliphatic heterocycles. The Morgan fingerprint density at radius 2 is 2.23 bits per heavy atom. The van der Waals surface area contributed by atoms with E-state index in [2.05, 4.69) is 20.8 Å². The fourth-order valence-electron chi connectivity index (χ4n) is 3.45. The second kappa shape index (κ2) is 7.36. The quantitative estimate of drug-likeness (QED) is 0.873. The first-order valence-electron chi connectivity index (χ1n) is 8.86. The minimum Gasteiger partial charge on any atom is -0.370 e. The third kappa shape index (κ3) is 3.67. The van der Waals surface area contributed by atoms with E-state index in [4.69, 9.17) is 4.74 Å². The lowest BCUT2D eigenvalue weighted by Crippen LogP contribution is -2.50. The highest BCUT2D eigenvalue weighted by Crippen LogP contribution is 2.23. The molecule has 0 aliphatic carbocycles. The molecular weight excluding hydrogens is 339 g/mol. The monoisotopic (exact) mass is 360 g/mol. The van der Waals surface area contributed by atoms with Gasteiger partial charge < -0.3 is 15.0 Å². The Bertz CT molecular complexity index is 760. The van der Waals surface area contributed by atoms with E-state index in [1.54, 1.807) is 15.6 Å². The summed E-state index contributed by atoms with van der Waals surface area (Å²) in [5, 5.41) is 14.7. The number of hydrogen-bond donors (Lipinski definition) is 1. The van der Waals surface area contributed by atoms with Crippen LogP contribution in [-0.4, -0.2) is 56.9 Å². The van der Waals surface area contributed by atoms with Crippen molar-refractivity contribution in [1.29, 1.82) is 0 Å². The van der Waals surface area contributed by atoms with Crippen LogP contribution in [-0.2, 0) is 17.7 Å². The Morgan fingerprint density at radius 3 is 3.12 bits per heavy atom. The summed E-state index contributed by atoms with van der Waals surface area (Å²) in [6.07, 6.45) is 2.04. The van der Waals surface area contributed by atoms with Gasteiger partial charge in [-0.25, -0.2) is 13.9 Å². The summed E-state index contributed by atoms with van der Waals surface area (Å²) in [6, 6.07) is 6.30. The van der Waals surface area contributed by atoms with Crippen LogP contribution in [0, 0.1) is 5.82 Å². The molecule has 2 aliphatic rings. The molecule has 9 heteroatoms. The number of carbonyl (C=O) groups excluding carboxylic acids is 1. The summed E-state index contributed by atoms with van der Waals surface area (Å²) >= 11 is 0. The van der Waals surface area contributed by atoms with Crippen LogP contribution >= 0.6 is 0 Å². The molecule has 0 bridgehead atoms. The molecule has 1 aromatic carbocycles. The van der Waals surface area contributed by atoms with E-state index in [0.717, 1.165) is 30.7 Å². The first kappa shape index (κ1) is 16.9. The Morgan fingerprint density at radius 1 is 1.31 bits per heavy atom. The molecule has 138 valence electrons. The van der Waals surface area contributed by atoms with Crippen molar-refractivity contribution in [3.05, 3.63) is 41.5 Å². The number of hydrogen-bond acceptors (Lipinski definition) is 5. The molecule has 2 unspecified atom stereocenters. The highest BCUT2D eigenvalue weighted by atomic mass is 19.1. The van der Waals surface area contributed by atoms with Gasteiger partial charge in [-0.1, -0.05) is 12.1 Å². The lowest BCUT2D eigenvalue weighted by Gasteiger charge is -2.34. The molecule has 1 aromatic heterocycles. The first-order valence-corrected chi connectivity index (χ1v) is 8.86. The molecule has 0 saturated carbocycles. The molecule has 3 heterocycles. The summed E-state index contributed by atoms with van der Waals surface area (Å²) < 4.78 is 21.0. The SMILES string of the molecule is O=C(NC1CCc2nnnn2CC1)N1CCOC(c2cccc(F)c2)C1. The van der Waals surface area contributed by atoms with E-state index in [1.165, 1.54) is 12.1 Å². The standard InChI is InChI=1S/C17H21FN6O2/c18-13-3-1-2-12(10-13)15-11-23(8-9-26-15)17(25)19-14-4-5-16-20-21-22-24(16)7-6-14/h1-3,10,14-15H,4-9,11H2,(H,19,25). The van der Waals surface area contributed by atoms with Crippen molar-refractivity contribution in [3.8, 4) is 0 Å². The summed E-state index contributed by atoms with van der Waals surface area (Å²) in [5.74, 6) is 0.561. The summed E-state index contributed by atoms with van der Waals surface area (Å²) in [5.41, 5.74) is 0.751. The van der Waals surface area contributed by atoms with Crippen LogP contribution < -0.4 is 5.32 Å². The van der Waals surface area contributed by atoms with Gasteiger partial charge >= 0.3 is 6.03 Å². The molecule has 4 rings (SSSR count). The maximum atomic E-state index is 13.4. The van der Waals surface area contributed by atoms with Crippen LogP contribution in [0.2, 0.25) is 0 Å². The van der Waals surface area contributed by atoms with Gasteiger partial charge in [0.25, 0.3) is 0 Å². The Hall–Kier alpha value is -2.55. The minimum absolute atomic E-state index is 0.0708. The van der Waals surface area contributed by atoms with Crippen molar-refractivity contribution in [1.82, 2.24) is 30.4 Å². The van der Waals surface area contributed by atoms with Crippen LogP contribution in [0.4, 0.5) is 9.18 Å². The zero-order valence-electron chi connectivity index (χ0n) is 14.3. The van der Waals surface area contributed by atoms with Gasteiger partial charge in [0.1, 0.15) is 11.9 Å². The number of halogens is 1. The van der Waals surface area contributed by atoms with Crippen LogP contribution in [0.15, 0.2) is 24.3 Å². The van der Waals surface area contributed by atoms with Crippen molar-refractivity contribution in [3.63, 3.8) is 0 Å². The fourth-order valence-corrected chi connectivity index (χ4v) is 3.45. The van der Waals surface area contributed by atoms with Crippen LogP contribution in [0.25, 0.3) is 0 Å². The van der Waals surface area contributed by atoms with Crippen molar-refractivity contribution < 1.29 is 13.9 Å². The van der Waals surface area contributed by atoms with Gasteiger partial charge in [0, 0.05) is 25.6 Å². The molecule has 0 spiro atoms. The number of aryl methyl sites for hydroxylation is 2. The zero-order valence-corrected chi connectivity index (χ0v) is 14.3. The number of tetrazole rings is 1. The molecule has 2 amide bonds. The Kier molecular flexibility index (Phi) is 4.79. The lowest BCUT2D eigenvalue weighted by molar-refractivity contribution is -0.0159. The lowest BCUT2D eigenvalue weighted by atomic mass is 10.1. The minimum atomic E-state index is -0.306. The third-order valence-electron chi connectivity index (χ3n) is 4.91. The van der Waals surface area contributed by atoms with Crippen molar-refractivity contribution >= 4 is 6.03 Å². The van der Waals surface area contributed by atoms with Crippen molar-refractivity contribution in [2.24, 2.45) is 0 Å². The van der Waals surface area contributed by atoms with E-state index >= 15 is 0 Å². The number of benzene rings is 1. The van der Waals surface area contributed by atoms with Crippen LogP contribution in [0.3, 0.4) is 0 Å². The Balaban J connectivity index is 1.35. The van der Waals surface area contributed by atoms with E-state index < -0.39 is 0 Å². The number of nitrogens with one attached hydrogen (secondary N) is 1. The van der Waals surface area contributed by atoms with Crippen LogP contribution in [0.5, 0.6) is 0 Å². The smallest absolute Gasteiger partial charge is 0.317 e. The highest BCUT2D eigenvalue weighted by Gasteiger charge is 2.27. The molecule has 0 radical (unpaired) electrons. The predicted octanol–water partition coefficient (Wildman–Crippen LogP) is 1.30. The van der Waals surface area contributed by atoms with Crippen molar-refractivity contribution in [2.75, 3.05) is 19.7 Å². The highest BCUT2D eigenvalue weighted by molar-refractivity contribution is 5.74. The summed E-state index contributed by atoms with van der Waals surface area (Å²) in [6.45, 7) is 2.07. The maximum absolute atomic E-state index is 13.4. The predicted molar refractivity (Wildman–Crippen MR) is 89.7 cm³/mol. The maximum Gasteiger partial charge on any atom is 0.317 e. The molecule has 1 saturated heterocycles. The molecule has 2 aromatic rings. The third-order valence-corrected chi connectivity index (χ3v) is 4.91. The number of fused-ring (bicyclic) bond motifs is 1. The normalized spacial score (nSPS) is 23.2. The van der Waals surface area contributed by atoms with Gasteiger partial charge in [0.05, 0.1) is 13.2 Å². The number of carbonyl (C=O) groups is 1. The van der Waals surface area contributed by atoms with Gasteiger partial charge in [-0.05, 0) is 41.0 Å². The molecule has 8 nitrogen and oxygen atoms in total. The largest absolute Gasteiger partial charge is 0.370 e. The number of ether oxygens (including phenoxy) is 1. The number of urea groups is 1. The van der Waals surface area contributed by atoms with Crippen molar-refractivity contribution in [2.45, 2.75) is 38.0 Å².